The van der Waals surface area contributed by atoms with E-state index in [1.54, 1.807) is 12.1 Å². The van der Waals surface area contributed by atoms with Gasteiger partial charge in [0.15, 0.2) is 5.11 Å². The maximum Gasteiger partial charge on any atom is 0.168 e. The first kappa shape index (κ1) is 10.9. The van der Waals surface area contributed by atoms with E-state index < -0.39 is 0 Å². The highest BCUT2D eigenvalue weighted by Crippen LogP contribution is 2.35. The lowest BCUT2D eigenvalue weighted by Crippen LogP contribution is -2.19. The predicted octanol–water partition coefficient (Wildman–Crippen LogP) is 3.30. The maximum atomic E-state index is 5.85. The van der Waals surface area contributed by atoms with E-state index in [9.17, 15) is 0 Å². The number of benzene rings is 1. The summed E-state index contributed by atoms with van der Waals surface area (Å²) >= 11 is 22.0. The molecule has 0 aliphatic rings. The number of hydrogen-bond acceptors (Lipinski definition) is 1. The van der Waals surface area contributed by atoms with E-state index in [-0.39, 0.29) is 10.1 Å². The Morgan fingerprint density at radius 3 is 2.38 bits per heavy atom. The van der Waals surface area contributed by atoms with Gasteiger partial charge in [0.2, 0.25) is 0 Å². The highest BCUT2D eigenvalue weighted by Gasteiger charge is 2.08. The first-order valence-electron chi connectivity index (χ1n) is 3.22. The Kier molecular flexibility index (Phi) is 3.62. The molecule has 0 aromatic heterocycles. The van der Waals surface area contributed by atoms with Crippen LogP contribution < -0.4 is 11.1 Å². The molecule has 1 rings (SSSR count). The molecule has 1 aromatic carbocycles. The fourth-order valence-electron chi connectivity index (χ4n) is 0.755. The van der Waals surface area contributed by atoms with Crippen LogP contribution in [0.5, 0.6) is 0 Å². The Labute approximate surface area is 96.0 Å². The van der Waals surface area contributed by atoms with Crippen molar-refractivity contribution in [3.63, 3.8) is 0 Å². The van der Waals surface area contributed by atoms with Gasteiger partial charge >= 0.3 is 0 Å². The summed E-state index contributed by atoms with van der Waals surface area (Å²) in [7, 11) is 0. The third kappa shape index (κ3) is 2.61. The fraction of sp³-hybridized carbons (Fsp3) is 0. The normalized spacial score (nSPS) is 9.77. The van der Waals surface area contributed by atoms with E-state index in [1.807, 2.05) is 0 Å². The van der Waals surface area contributed by atoms with Crippen molar-refractivity contribution in [1.29, 1.82) is 0 Å². The van der Waals surface area contributed by atoms with Crippen LogP contribution >= 0.6 is 47.0 Å². The summed E-state index contributed by atoms with van der Waals surface area (Å²) in [6.07, 6.45) is 0. The first-order valence-corrected chi connectivity index (χ1v) is 4.76. The molecule has 6 heteroatoms. The zero-order valence-corrected chi connectivity index (χ0v) is 9.36. The lowest BCUT2D eigenvalue weighted by Gasteiger charge is -2.07. The molecule has 0 heterocycles. The molecule has 0 saturated carbocycles. The maximum absolute atomic E-state index is 5.85. The van der Waals surface area contributed by atoms with Gasteiger partial charge in [0, 0.05) is 0 Å². The van der Waals surface area contributed by atoms with Gasteiger partial charge in [-0.15, -0.1) is 0 Å². The topological polar surface area (TPSA) is 38.0 Å². The molecule has 1 aromatic rings. The van der Waals surface area contributed by atoms with E-state index in [4.69, 9.17) is 40.5 Å². The Morgan fingerprint density at radius 1 is 1.23 bits per heavy atom. The number of hydrogen-bond donors (Lipinski definition) is 2. The molecule has 0 spiro atoms. The number of halogens is 3. The zero-order valence-electron chi connectivity index (χ0n) is 6.27. The van der Waals surface area contributed by atoms with Crippen LogP contribution in [-0.4, -0.2) is 5.11 Å². The van der Waals surface area contributed by atoms with Gasteiger partial charge in [-0.3, -0.25) is 0 Å². The van der Waals surface area contributed by atoms with E-state index in [0.29, 0.717) is 15.7 Å². The molecular formula is C7H5Cl3N2S. The number of anilines is 1. The highest BCUT2D eigenvalue weighted by molar-refractivity contribution is 7.80. The van der Waals surface area contributed by atoms with E-state index >= 15 is 0 Å². The van der Waals surface area contributed by atoms with Crippen molar-refractivity contribution < 1.29 is 0 Å². The van der Waals surface area contributed by atoms with Crippen molar-refractivity contribution in [3.8, 4) is 0 Å². The van der Waals surface area contributed by atoms with Crippen molar-refractivity contribution >= 4 is 57.8 Å². The minimum absolute atomic E-state index is 0.125. The van der Waals surface area contributed by atoms with Gasteiger partial charge in [-0.2, -0.15) is 0 Å². The van der Waals surface area contributed by atoms with E-state index in [2.05, 4.69) is 17.5 Å². The monoisotopic (exact) mass is 254 g/mol. The average Bonchev–Trinajstić information content (AvgIpc) is 2.06. The number of rotatable bonds is 1. The molecule has 70 valence electrons. The summed E-state index contributed by atoms with van der Waals surface area (Å²) < 4.78 is 0. The second-order valence-corrected chi connectivity index (χ2v) is 3.82. The molecule has 2 nitrogen and oxygen atoms in total. The number of nitrogens with one attached hydrogen (secondary N) is 1. The average molecular weight is 256 g/mol. The molecule has 0 fully saturated rings. The summed E-state index contributed by atoms with van der Waals surface area (Å²) in [5, 5.41) is 3.78. The summed E-state index contributed by atoms with van der Waals surface area (Å²) in [5.74, 6) is 0. The minimum Gasteiger partial charge on any atom is -0.376 e. The molecule has 3 N–H and O–H groups in total. The Morgan fingerprint density at radius 2 is 1.85 bits per heavy atom. The molecule has 0 aliphatic carbocycles. The van der Waals surface area contributed by atoms with Crippen LogP contribution in [0, 0.1) is 0 Å². The van der Waals surface area contributed by atoms with Gasteiger partial charge in [-0.05, 0) is 24.4 Å². The van der Waals surface area contributed by atoms with Crippen LogP contribution in [-0.2, 0) is 0 Å². The zero-order chi connectivity index (χ0) is 10.0. The molecule has 0 amide bonds. The summed E-state index contributed by atoms with van der Waals surface area (Å²) in [5.41, 5.74) is 5.81. The smallest absolute Gasteiger partial charge is 0.168 e. The molecule has 0 unspecified atom stereocenters. The van der Waals surface area contributed by atoms with Crippen molar-refractivity contribution in [2.75, 3.05) is 5.32 Å². The van der Waals surface area contributed by atoms with Gasteiger partial charge in [0.05, 0.1) is 20.8 Å². The third-order valence-electron chi connectivity index (χ3n) is 1.29. The third-order valence-corrected chi connectivity index (χ3v) is 2.69. The van der Waals surface area contributed by atoms with Crippen LogP contribution in [0.25, 0.3) is 0 Å². The Balaban J connectivity index is 3.10. The Hall–Kier alpha value is -0.220. The molecule has 13 heavy (non-hydrogen) atoms. The second-order valence-electron chi connectivity index (χ2n) is 2.21. The Bertz CT molecular complexity index is 354. The standard InChI is InChI=1S/C7H5Cl3N2S/c8-3-1-2-4(12-7(11)13)6(10)5(3)9/h1-2H,(H3,11,12,13). The van der Waals surface area contributed by atoms with Crippen molar-refractivity contribution in [3.05, 3.63) is 27.2 Å². The molecule has 0 radical (unpaired) electrons. The van der Waals surface area contributed by atoms with E-state index in [0.717, 1.165) is 0 Å². The molecule has 0 aliphatic heterocycles. The molecular weight excluding hydrogens is 251 g/mol. The quantitative estimate of drug-likeness (QED) is 0.597. The minimum atomic E-state index is 0.125. The summed E-state index contributed by atoms with van der Waals surface area (Å²) in [4.78, 5) is 0. The van der Waals surface area contributed by atoms with Gasteiger partial charge in [0.25, 0.3) is 0 Å². The van der Waals surface area contributed by atoms with Crippen LogP contribution in [0.15, 0.2) is 12.1 Å². The largest absolute Gasteiger partial charge is 0.376 e. The van der Waals surface area contributed by atoms with Gasteiger partial charge in [-0.25, -0.2) is 0 Å². The molecule has 0 bridgehead atoms. The van der Waals surface area contributed by atoms with E-state index in [1.165, 1.54) is 0 Å². The SMILES string of the molecule is NC(=S)Nc1ccc(Cl)c(Cl)c1Cl. The lowest BCUT2D eigenvalue weighted by atomic mass is 10.3. The molecule has 0 atom stereocenters. The second kappa shape index (κ2) is 4.33. The van der Waals surface area contributed by atoms with Crippen molar-refractivity contribution in [2.45, 2.75) is 0 Å². The van der Waals surface area contributed by atoms with Crippen molar-refractivity contribution in [1.82, 2.24) is 0 Å². The van der Waals surface area contributed by atoms with Crippen LogP contribution in [0.3, 0.4) is 0 Å². The van der Waals surface area contributed by atoms with Crippen LogP contribution in [0.4, 0.5) is 5.69 Å². The van der Waals surface area contributed by atoms with Crippen LogP contribution in [0.2, 0.25) is 15.1 Å². The predicted molar refractivity (Wildman–Crippen MR) is 61.9 cm³/mol. The summed E-state index contributed by atoms with van der Waals surface area (Å²) in [6, 6.07) is 3.26. The fourth-order valence-corrected chi connectivity index (χ4v) is 1.45. The number of thiocarbonyl (C=S) groups is 1. The van der Waals surface area contributed by atoms with Gasteiger partial charge in [0.1, 0.15) is 0 Å². The first-order chi connectivity index (χ1) is 6.02. The summed E-state index contributed by atoms with van der Waals surface area (Å²) in [6.45, 7) is 0. The highest BCUT2D eigenvalue weighted by atomic mass is 35.5. The molecule has 0 saturated heterocycles. The number of nitrogens with two attached hydrogens (primary N) is 1. The van der Waals surface area contributed by atoms with Gasteiger partial charge in [-0.1, -0.05) is 34.8 Å². The van der Waals surface area contributed by atoms with Crippen molar-refractivity contribution in [2.24, 2.45) is 5.73 Å². The van der Waals surface area contributed by atoms with Gasteiger partial charge < -0.3 is 11.1 Å². The lowest BCUT2D eigenvalue weighted by molar-refractivity contribution is 1.60. The van der Waals surface area contributed by atoms with Crippen LogP contribution in [0.1, 0.15) is 0 Å².